The number of carbonyl (C=O) groups is 2. The van der Waals surface area contributed by atoms with Gasteiger partial charge in [0.2, 0.25) is 0 Å². The molecular formula is C15H17N3O5. The third kappa shape index (κ3) is 3.85. The largest absolute Gasteiger partial charge is 0.487 e. The van der Waals surface area contributed by atoms with E-state index in [1.165, 1.54) is 4.68 Å². The molecule has 0 aliphatic carbocycles. The van der Waals surface area contributed by atoms with Crippen LogP contribution >= 0.6 is 0 Å². The van der Waals surface area contributed by atoms with Crippen LogP contribution in [-0.2, 0) is 17.9 Å². The number of nitrogens with zero attached hydrogens (tertiary/aromatic N) is 3. The predicted octanol–water partition coefficient (Wildman–Crippen LogP) is 1.65. The predicted molar refractivity (Wildman–Crippen MR) is 79.5 cm³/mol. The van der Waals surface area contributed by atoms with Crippen LogP contribution in [0.1, 0.15) is 33.7 Å². The van der Waals surface area contributed by atoms with Crippen LogP contribution in [-0.4, -0.2) is 37.1 Å². The molecule has 2 N–H and O–H groups in total. The Morgan fingerprint density at radius 1 is 1.22 bits per heavy atom. The molecule has 0 bridgehead atoms. The van der Waals surface area contributed by atoms with Crippen molar-refractivity contribution in [1.82, 2.24) is 15.0 Å². The topological polar surface area (TPSA) is 115 Å². The summed E-state index contributed by atoms with van der Waals surface area (Å²) in [7, 11) is 0. The summed E-state index contributed by atoms with van der Waals surface area (Å²) in [6.07, 6.45) is -0.182. The molecule has 8 heteroatoms. The zero-order chi connectivity index (χ0) is 17.0. The Balaban J connectivity index is 2.25. The fourth-order valence-corrected chi connectivity index (χ4v) is 2.19. The SMILES string of the molecule is Cc1cccc(C)c1OCc1c(C(=O)O)nnn1CCC(=O)O. The van der Waals surface area contributed by atoms with E-state index < -0.39 is 11.9 Å². The Morgan fingerprint density at radius 3 is 2.43 bits per heavy atom. The van der Waals surface area contributed by atoms with Gasteiger partial charge in [0, 0.05) is 0 Å². The third-order valence-corrected chi connectivity index (χ3v) is 3.34. The zero-order valence-corrected chi connectivity index (χ0v) is 12.8. The summed E-state index contributed by atoms with van der Waals surface area (Å²) in [4.78, 5) is 21.9. The van der Waals surface area contributed by atoms with Crippen molar-refractivity contribution in [1.29, 1.82) is 0 Å². The Hall–Kier alpha value is -2.90. The normalized spacial score (nSPS) is 10.5. The van der Waals surface area contributed by atoms with E-state index in [4.69, 9.17) is 9.84 Å². The Morgan fingerprint density at radius 2 is 1.87 bits per heavy atom. The van der Waals surface area contributed by atoms with Gasteiger partial charge in [-0.3, -0.25) is 4.79 Å². The molecule has 8 nitrogen and oxygen atoms in total. The van der Waals surface area contributed by atoms with E-state index in [1.54, 1.807) is 0 Å². The van der Waals surface area contributed by atoms with Gasteiger partial charge in [0.15, 0.2) is 5.69 Å². The highest BCUT2D eigenvalue weighted by atomic mass is 16.5. The first kappa shape index (κ1) is 16.5. The van der Waals surface area contributed by atoms with E-state index in [0.717, 1.165) is 11.1 Å². The van der Waals surface area contributed by atoms with E-state index in [1.807, 2.05) is 32.0 Å². The Kier molecular flexibility index (Phi) is 4.95. The molecule has 0 amide bonds. The van der Waals surface area contributed by atoms with E-state index in [2.05, 4.69) is 10.3 Å². The first-order valence-electron chi connectivity index (χ1n) is 6.96. The van der Waals surface area contributed by atoms with Gasteiger partial charge in [0.05, 0.1) is 13.0 Å². The number of para-hydroxylation sites is 1. The van der Waals surface area contributed by atoms with Crippen LogP contribution in [0.4, 0.5) is 0 Å². The molecule has 0 radical (unpaired) electrons. The van der Waals surface area contributed by atoms with Gasteiger partial charge in [-0.15, -0.1) is 5.10 Å². The molecule has 0 atom stereocenters. The van der Waals surface area contributed by atoms with Crippen molar-refractivity contribution in [2.45, 2.75) is 33.4 Å². The lowest BCUT2D eigenvalue weighted by atomic mass is 10.1. The lowest BCUT2D eigenvalue weighted by Crippen LogP contribution is -2.14. The van der Waals surface area contributed by atoms with Gasteiger partial charge in [-0.1, -0.05) is 23.4 Å². The van der Waals surface area contributed by atoms with Gasteiger partial charge in [-0.05, 0) is 25.0 Å². The molecule has 0 saturated heterocycles. The summed E-state index contributed by atoms with van der Waals surface area (Å²) in [5, 5.41) is 25.2. The maximum Gasteiger partial charge on any atom is 0.358 e. The van der Waals surface area contributed by atoms with Crippen molar-refractivity contribution in [3.8, 4) is 5.75 Å². The van der Waals surface area contributed by atoms with Crippen LogP contribution in [0.25, 0.3) is 0 Å². The maximum atomic E-state index is 11.2. The first-order chi connectivity index (χ1) is 10.9. The number of hydrogen-bond donors (Lipinski definition) is 2. The van der Waals surface area contributed by atoms with Gasteiger partial charge in [-0.25, -0.2) is 9.48 Å². The van der Waals surface area contributed by atoms with Crippen LogP contribution in [0.3, 0.4) is 0 Å². The van der Waals surface area contributed by atoms with Crippen molar-refractivity contribution in [2.75, 3.05) is 0 Å². The summed E-state index contributed by atoms with van der Waals surface area (Å²) in [6, 6.07) is 5.68. The monoisotopic (exact) mass is 319 g/mol. The van der Waals surface area contributed by atoms with Crippen molar-refractivity contribution < 1.29 is 24.5 Å². The highest BCUT2D eigenvalue weighted by Crippen LogP contribution is 2.23. The number of aliphatic carboxylic acids is 1. The van der Waals surface area contributed by atoms with Gasteiger partial charge in [0.1, 0.15) is 18.1 Å². The molecule has 0 spiro atoms. The van der Waals surface area contributed by atoms with E-state index >= 15 is 0 Å². The zero-order valence-electron chi connectivity index (χ0n) is 12.8. The molecule has 0 fully saturated rings. The molecule has 0 unspecified atom stereocenters. The molecule has 0 aliphatic rings. The summed E-state index contributed by atoms with van der Waals surface area (Å²) >= 11 is 0. The van der Waals surface area contributed by atoms with Crippen LogP contribution in [0, 0.1) is 13.8 Å². The van der Waals surface area contributed by atoms with Crippen molar-refractivity contribution >= 4 is 11.9 Å². The van der Waals surface area contributed by atoms with Crippen LogP contribution in [0.15, 0.2) is 18.2 Å². The Labute approximate surface area is 132 Å². The summed E-state index contributed by atoms with van der Waals surface area (Å²) in [5.74, 6) is -1.57. The Bertz CT molecular complexity index is 718. The minimum atomic E-state index is -1.23. The number of ether oxygens (including phenoxy) is 1. The molecule has 1 aromatic carbocycles. The number of aryl methyl sites for hydroxylation is 3. The fourth-order valence-electron chi connectivity index (χ4n) is 2.19. The van der Waals surface area contributed by atoms with Crippen LogP contribution in [0.2, 0.25) is 0 Å². The molecule has 1 heterocycles. The van der Waals surface area contributed by atoms with E-state index in [-0.39, 0.29) is 31.0 Å². The molecule has 1 aromatic heterocycles. The van der Waals surface area contributed by atoms with Gasteiger partial charge >= 0.3 is 11.9 Å². The van der Waals surface area contributed by atoms with Crippen molar-refractivity contribution in [3.05, 3.63) is 40.7 Å². The fraction of sp³-hybridized carbons (Fsp3) is 0.333. The molecule has 2 rings (SSSR count). The number of aromatic nitrogens is 3. The summed E-state index contributed by atoms with van der Waals surface area (Å²) in [6.45, 7) is 3.75. The molecule has 0 saturated carbocycles. The van der Waals surface area contributed by atoms with Crippen molar-refractivity contribution in [3.63, 3.8) is 0 Å². The number of hydrogen-bond acceptors (Lipinski definition) is 5. The smallest absolute Gasteiger partial charge is 0.358 e. The van der Waals surface area contributed by atoms with Crippen LogP contribution < -0.4 is 4.74 Å². The van der Waals surface area contributed by atoms with Crippen molar-refractivity contribution in [2.24, 2.45) is 0 Å². The molecular weight excluding hydrogens is 302 g/mol. The highest BCUT2D eigenvalue weighted by molar-refractivity contribution is 5.86. The van der Waals surface area contributed by atoms with Gasteiger partial charge < -0.3 is 14.9 Å². The lowest BCUT2D eigenvalue weighted by Gasteiger charge is -2.12. The minimum absolute atomic E-state index is 0.0288. The highest BCUT2D eigenvalue weighted by Gasteiger charge is 2.20. The summed E-state index contributed by atoms with van der Waals surface area (Å²) < 4.78 is 6.99. The number of aromatic carboxylic acids is 1. The quantitative estimate of drug-likeness (QED) is 0.797. The second-order valence-electron chi connectivity index (χ2n) is 5.07. The standard InChI is InChI=1S/C15H17N3O5/c1-9-4-3-5-10(2)14(9)23-8-11-13(15(21)22)16-17-18(11)7-6-12(19)20/h3-5H,6-8H2,1-2H3,(H,19,20)(H,21,22). The van der Waals surface area contributed by atoms with Crippen LogP contribution in [0.5, 0.6) is 5.75 Å². The average molecular weight is 319 g/mol. The van der Waals surface area contributed by atoms with E-state index in [9.17, 15) is 14.7 Å². The molecule has 122 valence electrons. The number of carboxylic acid groups (broad SMARTS) is 2. The molecule has 0 aliphatic heterocycles. The third-order valence-electron chi connectivity index (χ3n) is 3.34. The molecule has 2 aromatic rings. The lowest BCUT2D eigenvalue weighted by molar-refractivity contribution is -0.137. The molecule has 23 heavy (non-hydrogen) atoms. The second-order valence-corrected chi connectivity index (χ2v) is 5.07. The summed E-state index contributed by atoms with van der Waals surface area (Å²) in [5.41, 5.74) is 1.85. The van der Waals surface area contributed by atoms with E-state index in [0.29, 0.717) is 5.75 Å². The average Bonchev–Trinajstić information content (AvgIpc) is 2.87. The first-order valence-corrected chi connectivity index (χ1v) is 6.96. The van der Waals surface area contributed by atoms with Gasteiger partial charge in [0.25, 0.3) is 0 Å². The minimum Gasteiger partial charge on any atom is -0.487 e. The second kappa shape index (κ2) is 6.91. The number of rotatable bonds is 7. The maximum absolute atomic E-state index is 11.2. The number of carboxylic acids is 2. The number of benzene rings is 1. The van der Waals surface area contributed by atoms with Gasteiger partial charge in [-0.2, -0.15) is 0 Å².